The average Bonchev–Trinajstić information content (AvgIpc) is 2.67. The van der Waals surface area contributed by atoms with Gasteiger partial charge in [0.1, 0.15) is 11.3 Å². The molecule has 1 aromatic carbocycles. The molecule has 0 aliphatic rings. The third-order valence-corrected chi connectivity index (χ3v) is 2.15. The minimum atomic E-state index is -0.357. The van der Waals surface area contributed by atoms with Crippen LogP contribution in [-0.4, -0.2) is 10.9 Å². The van der Waals surface area contributed by atoms with E-state index >= 15 is 0 Å². The molecule has 0 spiro atoms. The van der Waals surface area contributed by atoms with E-state index in [1.807, 2.05) is 0 Å². The van der Waals surface area contributed by atoms with Crippen LogP contribution >= 0.6 is 0 Å². The Kier molecular flexibility index (Phi) is 2.85. The van der Waals surface area contributed by atoms with Crippen molar-refractivity contribution in [1.82, 2.24) is 10.3 Å². The number of oxazole rings is 1. The zero-order chi connectivity index (χ0) is 11.5. The van der Waals surface area contributed by atoms with Crippen molar-refractivity contribution in [3.8, 4) is 0 Å². The van der Waals surface area contributed by atoms with Gasteiger partial charge in [0.2, 0.25) is 11.8 Å². The summed E-state index contributed by atoms with van der Waals surface area (Å²) in [5.74, 6) is -0.0548. The summed E-state index contributed by atoms with van der Waals surface area (Å²) in [6, 6.07) is 4.12. The Balaban J connectivity index is 2.16. The second kappa shape index (κ2) is 4.30. The van der Waals surface area contributed by atoms with Gasteiger partial charge in [0.05, 0.1) is 6.54 Å². The fourth-order valence-electron chi connectivity index (χ4n) is 1.32. The molecule has 16 heavy (non-hydrogen) atoms. The van der Waals surface area contributed by atoms with Gasteiger partial charge in [-0.1, -0.05) is 6.92 Å². The Morgan fingerprint density at radius 2 is 2.38 bits per heavy atom. The fraction of sp³-hybridized carbons (Fsp3) is 0.273. The lowest BCUT2D eigenvalue weighted by Gasteiger charge is -1.97. The molecular weight excluding hydrogens is 211 g/mol. The lowest BCUT2D eigenvalue weighted by atomic mass is 10.3. The monoisotopic (exact) mass is 222 g/mol. The maximum atomic E-state index is 12.9. The van der Waals surface area contributed by atoms with Crippen molar-refractivity contribution in [1.29, 1.82) is 0 Å². The van der Waals surface area contributed by atoms with Crippen LogP contribution in [0, 0.1) is 5.82 Å². The molecule has 0 atom stereocenters. The molecule has 1 aromatic heterocycles. The quantitative estimate of drug-likeness (QED) is 0.864. The second-order valence-electron chi connectivity index (χ2n) is 3.35. The van der Waals surface area contributed by atoms with E-state index in [9.17, 15) is 9.18 Å². The van der Waals surface area contributed by atoms with Gasteiger partial charge in [-0.05, 0) is 12.1 Å². The first-order valence-electron chi connectivity index (χ1n) is 5.00. The summed E-state index contributed by atoms with van der Waals surface area (Å²) in [7, 11) is 0. The lowest BCUT2D eigenvalue weighted by Crippen LogP contribution is -2.21. The summed E-state index contributed by atoms with van der Waals surface area (Å²) in [4.78, 5) is 15.1. The number of hydrogen-bond acceptors (Lipinski definition) is 3. The van der Waals surface area contributed by atoms with E-state index in [1.54, 1.807) is 6.92 Å². The van der Waals surface area contributed by atoms with Crippen LogP contribution < -0.4 is 5.32 Å². The number of hydrogen-bond donors (Lipinski definition) is 1. The molecule has 1 amide bonds. The van der Waals surface area contributed by atoms with Crippen molar-refractivity contribution in [2.75, 3.05) is 0 Å². The van der Waals surface area contributed by atoms with Crippen molar-refractivity contribution in [3.05, 3.63) is 29.9 Å². The summed E-state index contributed by atoms with van der Waals surface area (Å²) in [6.45, 7) is 1.99. The number of nitrogens with zero attached hydrogens (tertiary/aromatic N) is 1. The summed E-state index contributed by atoms with van der Waals surface area (Å²) in [5.41, 5.74) is 0.975. The Bertz CT molecular complexity index is 522. The molecule has 0 saturated heterocycles. The van der Waals surface area contributed by atoms with E-state index < -0.39 is 0 Å². The zero-order valence-electron chi connectivity index (χ0n) is 8.79. The van der Waals surface area contributed by atoms with Gasteiger partial charge in [0, 0.05) is 12.5 Å². The van der Waals surface area contributed by atoms with E-state index in [2.05, 4.69) is 10.3 Å². The maximum absolute atomic E-state index is 12.9. The van der Waals surface area contributed by atoms with Crippen LogP contribution in [0.2, 0.25) is 0 Å². The van der Waals surface area contributed by atoms with E-state index in [4.69, 9.17) is 4.42 Å². The van der Waals surface area contributed by atoms with Crippen LogP contribution in [0.15, 0.2) is 22.6 Å². The predicted molar refractivity (Wildman–Crippen MR) is 56.1 cm³/mol. The van der Waals surface area contributed by atoms with Gasteiger partial charge in [-0.2, -0.15) is 0 Å². The van der Waals surface area contributed by atoms with E-state index in [0.29, 0.717) is 23.4 Å². The fourth-order valence-corrected chi connectivity index (χ4v) is 1.32. The Labute approximate surface area is 91.5 Å². The van der Waals surface area contributed by atoms with Gasteiger partial charge in [-0.25, -0.2) is 9.37 Å². The topological polar surface area (TPSA) is 55.1 Å². The Hall–Kier alpha value is -1.91. The molecule has 0 bridgehead atoms. The molecule has 0 unspecified atom stereocenters. The van der Waals surface area contributed by atoms with Crippen LogP contribution in [0.5, 0.6) is 0 Å². The van der Waals surface area contributed by atoms with Crippen LogP contribution in [0.25, 0.3) is 11.1 Å². The number of benzene rings is 1. The highest BCUT2D eigenvalue weighted by atomic mass is 19.1. The average molecular weight is 222 g/mol. The predicted octanol–water partition coefficient (Wildman–Crippen LogP) is 1.99. The SMILES string of the molecule is CCC(=O)NCc1nc2cc(F)ccc2o1. The normalized spacial score (nSPS) is 10.6. The van der Waals surface area contributed by atoms with Crippen LogP contribution in [0.1, 0.15) is 19.2 Å². The standard InChI is InChI=1S/C11H11FN2O2/c1-2-10(15)13-6-11-14-8-5-7(12)3-4-9(8)16-11/h3-5H,2,6H2,1H3,(H,13,15). The molecule has 84 valence electrons. The molecule has 1 heterocycles. The third-order valence-electron chi connectivity index (χ3n) is 2.15. The van der Waals surface area contributed by atoms with E-state index in [1.165, 1.54) is 18.2 Å². The highest BCUT2D eigenvalue weighted by Gasteiger charge is 2.07. The minimum Gasteiger partial charge on any atom is -0.439 e. The number of amides is 1. The van der Waals surface area contributed by atoms with Gasteiger partial charge in [-0.15, -0.1) is 0 Å². The van der Waals surface area contributed by atoms with Gasteiger partial charge in [-0.3, -0.25) is 4.79 Å². The molecule has 4 nitrogen and oxygen atoms in total. The van der Waals surface area contributed by atoms with Crippen molar-refractivity contribution in [3.63, 3.8) is 0 Å². The Morgan fingerprint density at radius 1 is 1.56 bits per heavy atom. The molecular formula is C11H11FN2O2. The molecule has 0 aliphatic carbocycles. The summed E-state index contributed by atoms with van der Waals surface area (Å²) < 4.78 is 18.2. The Morgan fingerprint density at radius 3 is 3.12 bits per heavy atom. The summed E-state index contributed by atoms with van der Waals surface area (Å²) >= 11 is 0. The van der Waals surface area contributed by atoms with Crippen molar-refractivity contribution in [2.45, 2.75) is 19.9 Å². The first-order valence-corrected chi connectivity index (χ1v) is 5.00. The van der Waals surface area contributed by atoms with Crippen LogP contribution in [0.4, 0.5) is 4.39 Å². The lowest BCUT2D eigenvalue weighted by molar-refractivity contribution is -0.121. The zero-order valence-corrected chi connectivity index (χ0v) is 8.79. The summed E-state index contributed by atoms with van der Waals surface area (Å²) in [6.07, 6.45) is 0.412. The molecule has 0 radical (unpaired) electrons. The molecule has 0 aliphatic heterocycles. The van der Waals surface area contributed by atoms with Crippen molar-refractivity contribution >= 4 is 17.0 Å². The van der Waals surface area contributed by atoms with Gasteiger partial charge >= 0.3 is 0 Å². The minimum absolute atomic E-state index is 0.0755. The number of nitrogens with one attached hydrogen (secondary N) is 1. The van der Waals surface area contributed by atoms with E-state index in [0.717, 1.165) is 0 Å². The number of fused-ring (bicyclic) bond motifs is 1. The van der Waals surface area contributed by atoms with Gasteiger partial charge < -0.3 is 9.73 Å². The summed E-state index contributed by atoms with van der Waals surface area (Å²) in [5, 5.41) is 2.64. The molecule has 5 heteroatoms. The number of halogens is 1. The number of carbonyl (C=O) groups excluding carboxylic acids is 1. The number of rotatable bonds is 3. The first kappa shape index (κ1) is 10.6. The van der Waals surface area contributed by atoms with Gasteiger partial charge in [0.25, 0.3) is 0 Å². The smallest absolute Gasteiger partial charge is 0.220 e. The highest BCUT2D eigenvalue weighted by Crippen LogP contribution is 2.16. The maximum Gasteiger partial charge on any atom is 0.220 e. The highest BCUT2D eigenvalue weighted by molar-refractivity contribution is 5.75. The number of carbonyl (C=O) groups is 1. The second-order valence-corrected chi connectivity index (χ2v) is 3.35. The molecule has 0 saturated carbocycles. The molecule has 1 N–H and O–H groups in total. The third kappa shape index (κ3) is 2.18. The van der Waals surface area contributed by atoms with Gasteiger partial charge in [0.15, 0.2) is 5.58 Å². The van der Waals surface area contributed by atoms with Crippen molar-refractivity contribution in [2.24, 2.45) is 0 Å². The first-order chi connectivity index (χ1) is 7.69. The van der Waals surface area contributed by atoms with Crippen LogP contribution in [-0.2, 0) is 11.3 Å². The molecule has 2 aromatic rings. The van der Waals surface area contributed by atoms with E-state index in [-0.39, 0.29) is 18.3 Å². The molecule has 2 rings (SSSR count). The number of aromatic nitrogens is 1. The van der Waals surface area contributed by atoms with Crippen LogP contribution in [0.3, 0.4) is 0 Å². The molecule has 0 fully saturated rings. The largest absolute Gasteiger partial charge is 0.439 e. The van der Waals surface area contributed by atoms with Crippen molar-refractivity contribution < 1.29 is 13.6 Å².